The van der Waals surface area contributed by atoms with Crippen molar-refractivity contribution in [3.8, 4) is 11.5 Å². The van der Waals surface area contributed by atoms with Crippen LogP contribution in [0.25, 0.3) is 0 Å². The number of amides is 3. The SMILES string of the molecule is COc1ccc(CNc2nc(NCc3ccc(OC)cc3)nc(NN3CC(=O)NC3=O)n2)cc1. The lowest BCUT2D eigenvalue weighted by molar-refractivity contribution is -0.118. The van der Waals surface area contributed by atoms with Gasteiger partial charge in [0.15, 0.2) is 0 Å². The Morgan fingerprint density at radius 3 is 1.68 bits per heavy atom. The van der Waals surface area contributed by atoms with E-state index >= 15 is 0 Å². The smallest absolute Gasteiger partial charge is 0.343 e. The predicted octanol–water partition coefficient (Wildman–Crippen LogP) is 1.99. The molecule has 1 aliphatic rings. The molecule has 0 aliphatic carbocycles. The van der Waals surface area contributed by atoms with Crippen molar-refractivity contribution in [3.63, 3.8) is 0 Å². The molecule has 176 valence electrons. The van der Waals surface area contributed by atoms with Gasteiger partial charge >= 0.3 is 6.03 Å². The number of imide groups is 1. The molecule has 12 heteroatoms. The molecule has 34 heavy (non-hydrogen) atoms. The molecule has 0 radical (unpaired) electrons. The summed E-state index contributed by atoms with van der Waals surface area (Å²) in [6, 6.07) is 14.6. The molecule has 1 aromatic heterocycles. The molecule has 0 spiro atoms. The second kappa shape index (κ2) is 10.3. The molecule has 1 aliphatic heterocycles. The van der Waals surface area contributed by atoms with E-state index in [-0.39, 0.29) is 24.4 Å². The number of carbonyl (C=O) groups excluding carboxylic acids is 2. The van der Waals surface area contributed by atoms with Gasteiger partial charge in [0.2, 0.25) is 23.8 Å². The lowest BCUT2D eigenvalue weighted by atomic mass is 10.2. The number of urea groups is 1. The number of carbonyl (C=O) groups is 2. The number of hydrogen-bond acceptors (Lipinski definition) is 10. The third kappa shape index (κ3) is 5.79. The first-order valence-electron chi connectivity index (χ1n) is 10.4. The van der Waals surface area contributed by atoms with Crippen LogP contribution >= 0.6 is 0 Å². The molecule has 4 rings (SSSR count). The average Bonchev–Trinajstić information content (AvgIpc) is 3.18. The first kappa shape index (κ1) is 22.6. The monoisotopic (exact) mass is 464 g/mol. The minimum absolute atomic E-state index is 0.106. The molecule has 0 unspecified atom stereocenters. The van der Waals surface area contributed by atoms with E-state index in [0.717, 1.165) is 27.6 Å². The van der Waals surface area contributed by atoms with E-state index in [2.05, 4.69) is 36.3 Å². The van der Waals surface area contributed by atoms with Gasteiger partial charge in [-0.1, -0.05) is 24.3 Å². The largest absolute Gasteiger partial charge is 0.497 e. The predicted molar refractivity (Wildman–Crippen MR) is 124 cm³/mol. The number of methoxy groups -OCH3 is 2. The molecule has 1 saturated heterocycles. The number of hydrazine groups is 1. The third-order valence-corrected chi connectivity index (χ3v) is 4.88. The highest BCUT2D eigenvalue weighted by atomic mass is 16.5. The molecule has 0 atom stereocenters. The van der Waals surface area contributed by atoms with Gasteiger partial charge in [-0.05, 0) is 35.4 Å². The zero-order chi connectivity index (χ0) is 23.9. The van der Waals surface area contributed by atoms with E-state index in [1.165, 1.54) is 0 Å². The maximum absolute atomic E-state index is 11.9. The summed E-state index contributed by atoms with van der Waals surface area (Å²) < 4.78 is 10.4. The van der Waals surface area contributed by atoms with Crippen molar-refractivity contribution in [2.45, 2.75) is 13.1 Å². The first-order chi connectivity index (χ1) is 16.5. The first-order valence-corrected chi connectivity index (χ1v) is 10.4. The number of hydrogen-bond donors (Lipinski definition) is 4. The van der Waals surface area contributed by atoms with Crippen molar-refractivity contribution in [2.24, 2.45) is 0 Å². The van der Waals surface area contributed by atoms with E-state index in [1.54, 1.807) is 14.2 Å². The van der Waals surface area contributed by atoms with Crippen LogP contribution in [0.1, 0.15) is 11.1 Å². The quantitative estimate of drug-likeness (QED) is 0.329. The molecule has 0 bridgehead atoms. The molecular formula is C22H24N8O4. The number of rotatable bonds is 10. The zero-order valence-corrected chi connectivity index (χ0v) is 18.7. The molecule has 3 aromatic rings. The molecule has 0 saturated carbocycles. The minimum atomic E-state index is -0.578. The van der Waals surface area contributed by atoms with Gasteiger partial charge in [0.25, 0.3) is 0 Å². The number of aromatic nitrogens is 3. The van der Waals surface area contributed by atoms with Crippen LogP contribution in [-0.4, -0.2) is 52.7 Å². The van der Waals surface area contributed by atoms with E-state index in [0.29, 0.717) is 13.1 Å². The number of anilines is 3. The highest BCUT2D eigenvalue weighted by Gasteiger charge is 2.27. The Morgan fingerprint density at radius 1 is 0.794 bits per heavy atom. The second-order valence-electron chi connectivity index (χ2n) is 7.26. The van der Waals surface area contributed by atoms with Crippen molar-refractivity contribution < 1.29 is 19.1 Å². The summed E-state index contributed by atoms with van der Waals surface area (Å²) in [5.74, 6) is 1.79. The fourth-order valence-corrected chi connectivity index (χ4v) is 3.09. The maximum atomic E-state index is 11.9. The lowest BCUT2D eigenvalue weighted by Crippen LogP contribution is -2.34. The number of benzene rings is 2. The fraction of sp³-hybridized carbons (Fsp3) is 0.227. The van der Waals surface area contributed by atoms with E-state index in [9.17, 15) is 9.59 Å². The van der Waals surface area contributed by atoms with Crippen LogP contribution in [0.2, 0.25) is 0 Å². The van der Waals surface area contributed by atoms with Crippen molar-refractivity contribution in [1.82, 2.24) is 25.3 Å². The van der Waals surface area contributed by atoms with Gasteiger partial charge in [-0.25, -0.2) is 9.80 Å². The molecule has 2 aromatic carbocycles. The molecule has 3 amide bonds. The average molecular weight is 464 g/mol. The van der Waals surface area contributed by atoms with Gasteiger partial charge in [-0.15, -0.1) is 0 Å². The standard InChI is InChI=1S/C22H24N8O4/c1-33-16-7-3-14(4-8-16)11-23-19-26-20(24-12-15-5-9-17(34-2)10-6-15)28-21(27-19)29-30-13-18(31)25-22(30)32/h3-10H,11-13H2,1-2H3,(H,25,31,32)(H3,23,24,26,27,28,29). The molecular weight excluding hydrogens is 440 g/mol. The second-order valence-corrected chi connectivity index (χ2v) is 7.26. The summed E-state index contributed by atoms with van der Waals surface area (Å²) in [5, 5.41) is 9.59. The van der Waals surface area contributed by atoms with Gasteiger partial charge in [0.05, 0.1) is 14.2 Å². The van der Waals surface area contributed by atoms with Crippen LogP contribution in [0.15, 0.2) is 48.5 Å². The number of nitrogens with one attached hydrogen (secondary N) is 4. The molecule has 1 fully saturated rings. The Morgan fingerprint density at radius 2 is 1.26 bits per heavy atom. The Labute approximate surface area is 195 Å². The van der Waals surface area contributed by atoms with Crippen LogP contribution < -0.4 is 30.8 Å². The summed E-state index contributed by atoms with van der Waals surface area (Å²) in [7, 11) is 3.22. The summed E-state index contributed by atoms with van der Waals surface area (Å²) in [6.45, 7) is 0.760. The highest BCUT2D eigenvalue weighted by molar-refractivity contribution is 6.02. The summed E-state index contributed by atoms with van der Waals surface area (Å²) in [5.41, 5.74) is 4.74. The van der Waals surface area contributed by atoms with Gasteiger partial charge in [0, 0.05) is 13.1 Å². The van der Waals surface area contributed by atoms with Crippen LogP contribution in [-0.2, 0) is 17.9 Å². The van der Waals surface area contributed by atoms with Crippen molar-refractivity contribution in [3.05, 3.63) is 59.7 Å². The zero-order valence-electron chi connectivity index (χ0n) is 18.7. The Bertz CT molecular complexity index is 1080. The van der Waals surface area contributed by atoms with Gasteiger partial charge in [-0.2, -0.15) is 15.0 Å². The maximum Gasteiger partial charge on any atom is 0.343 e. The highest BCUT2D eigenvalue weighted by Crippen LogP contribution is 2.16. The number of nitrogens with zero attached hydrogens (tertiary/aromatic N) is 4. The van der Waals surface area contributed by atoms with Crippen molar-refractivity contribution in [2.75, 3.05) is 36.8 Å². The van der Waals surface area contributed by atoms with Crippen LogP contribution in [0.3, 0.4) is 0 Å². The summed E-state index contributed by atoms with van der Waals surface area (Å²) in [4.78, 5) is 36.5. The fourth-order valence-electron chi connectivity index (χ4n) is 3.09. The van der Waals surface area contributed by atoms with E-state index in [4.69, 9.17) is 9.47 Å². The van der Waals surface area contributed by atoms with Gasteiger partial charge in [0.1, 0.15) is 18.0 Å². The third-order valence-electron chi connectivity index (χ3n) is 4.88. The van der Waals surface area contributed by atoms with Crippen LogP contribution in [0.5, 0.6) is 11.5 Å². The van der Waals surface area contributed by atoms with Crippen LogP contribution in [0.4, 0.5) is 22.6 Å². The van der Waals surface area contributed by atoms with Crippen molar-refractivity contribution >= 4 is 29.8 Å². The molecule has 12 nitrogen and oxygen atoms in total. The van der Waals surface area contributed by atoms with E-state index in [1.807, 2.05) is 48.5 Å². The Kier molecular flexibility index (Phi) is 6.87. The summed E-state index contributed by atoms with van der Waals surface area (Å²) in [6.07, 6.45) is 0. The van der Waals surface area contributed by atoms with Crippen LogP contribution in [0, 0.1) is 0 Å². The summed E-state index contributed by atoms with van der Waals surface area (Å²) >= 11 is 0. The topological polar surface area (TPSA) is 143 Å². The Hall–Kier alpha value is -4.61. The molecule has 2 heterocycles. The Balaban J connectivity index is 1.49. The normalized spacial score (nSPS) is 12.8. The number of ether oxygens (including phenoxy) is 2. The minimum Gasteiger partial charge on any atom is -0.497 e. The van der Waals surface area contributed by atoms with E-state index < -0.39 is 11.9 Å². The lowest BCUT2D eigenvalue weighted by Gasteiger charge is -2.16. The van der Waals surface area contributed by atoms with Gasteiger partial charge < -0.3 is 20.1 Å². The molecule has 4 N–H and O–H groups in total. The van der Waals surface area contributed by atoms with Gasteiger partial charge in [-0.3, -0.25) is 15.5 Å². The van der Waals surface area contributed by atoms with Crippen molar-refractivity contribution in [1.29, 1.82) is 0 Å².